The van der Waals surface area contributed by atoms with Crippen LogP contribution in [0.2, 0.25) is 0 Å². The molecule has 422 valence electrons. The Morgan fingerprint density at radius 3 is 1.44 bits per heavy atom. The lowest BCUT2D eigenvalue weighted by Crippen LogP contribution is -2.62. The van der Waals surface area contributed by atoms with Gasteiger partial charge in [0.05, 0.1) is 26.4 Å². The highest BCUT2D eigenvalue weighted by Gasteiger charge is 2.59. The fourth-order valence-electron chi connectivity index (χ4n) is 8.94. The average Bonchev–Trinajstić information content (AvgIpc) is 3.84. The van der Waals surface area contributed by atoms with Gasteiger partial charge in [-0.25, -0.2) is 0 Å². The minimum Gasteiger partial charge on any atom is -0.460 e. The van der Waals surface area contributed by atoms with Crippen molar-refractivity contribution in [2.75, 3.05) is 33.0 Å². The van der Waals surface area contributed by atoms with Gasteiger partial charge in [-0.1, -0.05) is 141 Å². The molecule has 3 rings (SSSR count). The van der Waals surface area contributed by atoms with E-state index in [-0.39, 0.29) is 13.0 Å². The van der Waals surface area contributed by atoms with Crippen LogP contribution >= 0.6 is 0 Å². The number of esters is 2. The molecule has 0 spiro atoms. The fraction of sp³-hybridized carbons (Fsp3) is 0.889. The van der Waals surface area contributed by atoms with E-state index < -0.39 is 118 Å². The quantitative estimate of drug-likeness (QED) is 0.0214. The Morgan fingerprint density at radius 1 is 0.556 bits per heavy atom. The number of rotatable bonds is 39. The highest BCUT2D eigenvalue weighted by molar-refractivity contribution is 5.69. The molecule has 0 aromatic rings. The van der Waals surface area contributed by atoms with Crippen LogP contribution in [0.15, 0.2) is 24.3 Å². The lowest BCUT2D eigenvalue weighted by atomic mass is 9.99. The van der Waals surface area contributed by atoms with E-state index in [0.717, 1.165) is 70.6 Å². The van der Waals surface area contributed by atoms with Crippen molar-refractivity contribution in [3.63, 3.8) is 0 Å². The van der Waals surface area contributed by atoms with Crippen molar-refractivity contribution in [1.82, 2.24) is 0 Å². The van der Waals surface area contributed by atoms with Crippen LogP contribution < -0.4 is 0 Å². The van der Waals surface area contributed by atoms with E-state index in [9.17, 15) is 60.7 Å². The van der Waals surface area contributed by atoms with Crippen molar-refractivity contribution < 1.29 is 89.1 Å². The Bertz CT molecular complexity index is 1420. The van der Waals surface area contributed by atoms with Gasteiger partial charge in [-0.05, 0) is 64.2 Å². The lowest BCUT2D eigenvalue weighted by molar-refractivity contribution is -0.383. The van der Waals surface area contributed by atoms with Crippen molar-refractivity contribution in [2.24, 2.45) is 0 Å². The number of aliphatic hydroxyl groups excluding tert-OH is 10. The molecule has 0 saturated carbocycles. The monoisotopic (exact) mass is 1030 g/mol. The summed E-state index contributed by atoms with van der Waals surface area (Å²) in [4.78, 5) is 24.4. The summed E-state index contributed by atoms with van der Waals surface area (Å²) in [6.45, 7) is 1.90. The summed E-state index contributed by atoms with van der Waals surface area (Å²) in [5, 5.41) is 99.1. The largest absolute Gasteiger partial charge is 0.460 e. The summed E-state index contributed by atoms with van der Waals surface area (Å²) in [6.07, 6.45) is 22.7. The van der Waals surface area contributed by atoms with Crippen LogP contribution in [0.3, 0.4) is 0 Å². The maximum absolute atomic E-state index is 12.4. The maximum atomic E-state index is 12.4. The molecule has 3 aliphatic rings. The zero-order valence-corrected chi connectivity index (χ0v) is 43.8. The molecular weight excluding hydrogens is 937 g/mol. The molecule has 0 unspecified atom stereocenters. The first-order valence-electron chi connectivity index (χ1n) is 27.7. The van der Waals surface area contributed by atoms with Gasteiger partial charge in [-0.3, -0.25) is 9.59 Å². The van der Waals surface area contributed by atoms with Crippen LogP contribution in [0.1, 0.15) is 194 Å². The molecule has 0 radical (unpaired) electrons. The van der Waals surface area contributed by atoms with E-state index in [1.807, 2.05) is 0 Å². The van der Waals surface area contributed by atoms with Crippen LogP contribution in [0.4, 0.5) is 0 Å². The molecule has 18 heteroatoms. The van der Waals surface area contributed by atoms with E-state index in [2.05, 4.69) is 38.2 Å². The Morgan fingerprint density at radius 2 is 1.01 bits per heavy atom. The fourth-order valence-corrected chi connectivity index (χ4v) is 8.94. The number of hydrogen-bond acceptors (Lipinski definition) is 18. The number of carbonyl (C=O) groups is 2. The first-order valence-corrected chi connectivity index (χ1v) is 27.7. The van der Waals surface area contributed by atoms with Gasteiger partial charge in [0.25, 0.3) is 0 Å². The Kier molecular flexibility index (Phi) is 36.8. The molecule has 3 heterocycles. The van der Waals surface area contributed by atoms with Crippen molar-refractivity contribution in [1.29, 1.82) is 0 Å². The van der Waals surface area contributed by atoms with Gasteiger partial charge in [0, 0.05) is 12.8 Å². The summed E-state index contributed by atoms with van der Waals surface area (Å²) >= 11 is 0. The Balaban J connectivity index is 0.000000523. The summed E-state index contributed by atoms with van der Waals surface area (Å²) in [5.74, 6) is -3.25. The molecule has 0 aromatic heterocycles. The third kappa shape index (κ3) is 25.6. The van der Waals surface area contributed by atoms with Crippen molar-refractivity contribution >= 4 is 11.9 Å². The highest BCUT2D eigenvalue weighted by atomic mass is 16.8. The van der Waals surface area contributed by atoms with E-state index >= 15 is 0 Å². The van der Waals surface area contributed by atoms with E-state index in [1.165, 1.54) is 89.9 Å². The van der Waals surface area contributed by atoms with Crippen molar-refractivity contribution in [2.45, 2.75) is 273 Å². The Hall–Kier alpha value is -2.14. The Labute approximate surface area is 430 Å². The number of allylic oxidation sites excluding steroid dienone is 4. The van der Waals surface area contributed by atoms with E-state index in [4.69, 9.17) is 28.4 Å². The zero-order valence-electron chi connectivity index (χ0n) is 43.8. The van der Waals surface area contributed by atoms with Gasteiger partial charge in [-0.2, -0.15) is 0 Å². The smallest absolute Gasteiger partial charge is 0.306 e. The van der Waals surface area contributed by atoms with Crippen LogP contribution in [0, 0.1) is 0 Å². The third-order valence-electron chi connectivity index (χ3n) is 13.6. The first kappa shape index (κ1) is 66.0. The van der Waals surface area contributed by atoms with Crippen molar-refractivity contribution in [3.05, 3.63) is 24.3 Å². The molecule has 0 amide bonds. The minimum absolute atomic E-state index is 0.0197. The van der Waals surface area contributed by atoms with Crippen LogP contribution in [0.25, 0.3) is 0 Å². The van der Waals surface area contributed by atoms with E-state index in [1.54, 1.807) is 0 Å². The second-order valence-electron chi connectivity index (χ2n) is 19.8. The van der Waals surface area contributed by atoms with Gasteiger partial charge in [0.1, 0.15) is 67.6 Å². The summed E-state index contributed by atoms with van der Waals surface area (Å²) in [6, 6.07) is 0. The topological polar surface area (TPSA) is 292 Å². The number of hydrogen-bond donors (Lipinski definition) is 10. The first-order chi connectivity index (χ1) is 34.8. The zero-order chi connectivity index (χ0) is 53.0. The highest BCUT2D eigenvalue weighted by Crippen LogP contribution is 2.37. The van der Waals surface area contributed by atoms with Gasteiger partial charge in [-0.15, -0.1) is 0 Å². The van der Waals surface area contributed by atoms with Crippen LogP contribution in [-0.2, 0) is 38.0 Å². The molecule has 13 atom stereocenters. The molecule has 10 N–H and O–H groups in total. The number of aliphatic hydroxyl groups is 10. The second kappa shape index (κ2) is 40.2. The molecule has 0 bridgehead atoms. The van der Waals surface area contributed by atoms with Gasteiger partial charge in [0.2, 0.25) is 5.79 Å². The lowest BCUT2D eigenvalue weighted by Gasteiger charge is -2.43. The summed E-state index contributed by atoms with van der Waals surface area (Å²) in [7, 11) is 0. The summed E-state index contributed by atoms with van der Waals surface area (Å²) in [5.41, 5.74) is 0. The van der Waals surface area contributed by atoms with Crippen molar-refractivity contribution in [3.8, 4) is 0 Å². The third-order valence-corrected chi connectivity index (χ3v) is 13.6. The molecule has 3 saturated heterocycles. The normalized spacial score (nSPS) is 28.9. The molecule has 3 aliphatic heterocycles. The molecular formula is C54H98O18. The minimum atomic E-state index is -2.25. The van der Waals surface area contributed by atoms with Gasteiger partial charge < -0.3 is 79.5 Å². The molecule has 18 nitrogen and oxygen atoms in total. The second-order valence-corrected chi connectivity index (χ2v) is 19.8. The molecule has 72 heavy (non-hydrogen) atoms. The summed E-state index contributed by atoms with van der Waals surface area (Å²) < 4.78 is 32.2. The average molecular weight is 1040 g/mol. The van der Waals surface area contributed by atoms with Gasteiger partial charge in [0.15, 0.2) is 12.4 Å². The molecule has 0 aliphatic carbocycles. The predicted octanol–water partition coefficient (Wildman–Crippen LogP) is 5.24. The SMILES string of the molecule is CCCCCCCC/C=C\CCCCCCCC(=O)OC[C@@]1(O[C@H]2O[C@H](CO)[C@@H](O)[C@H](O)[C@H]2O)O[C@H](CO)[C@@H](O)[C@@H]1O.CCCCCCCC/C=C\CCCCCCCC(=O)O[C@H](CO)[C@H]1OC[C@H](O)[C@H]1O. The number of ether oxygens (including phenoxy) is 6. The maximum Gasteiger partial charge on any atom is 0.306 e. The van der Waals surface area contributed by atoms with Crippen LogP contribution in [0.5, 0.6) is 0 Å². The standard InChI is InChI=1S/C30H54O12.C24H44O6/c1-2-3-4-5-6-7-8-9-10-11-12-13-14-15-16-17-23(33)39-20-30(28(38)25(35)22(19-32)41-30)42-29-27(37)26(36)24(34)21(18-31)40-29;1-2-3-4-5-6-7-8-9-10-11-12-13-14-15-16-17-22(27)30-21(18-25)24-23(28)20(26)19-29-24/h9-10,21-22,24-29,31-32,34-38H,2-8,11-20H2,1H3;9-10,20-21,23-26,28H,2-8,11-19H2,1H3/b2*10-9-/t21-,22-,24-,25-,26+,27-,28+,29-,30+;20-,21+,23+,24+/m10/s1. The van der Waals surface area contributed by atoms with Crippen LogP contribution in [-0.4, -0.2) is 175 Å². The van der Waals surface area contributed by atoms with E-state index in [0.29, 0.717) is 12.8 Å². The molecule has 3 fully saturated rings. The number of unbranched alkanes of at least 4 members (excludes halogenated alkanes) is 22. The predicted molar refractivity (Wildman–Crippen MR) is 270 cm³/mol. The number of carbonyl (C=O) groups excluding carboxylic acids is 2. The van der Waals surface area contributed by atoms with Gasteiger partial charge >= 0.3 is 11.9 Å². The molecule has 0 aromatic carbocycles.